The number of aryl methyl sites for hydroxylation is 1. The summed E-state index contributed by atoms with van der Waals surface area (Å²) in [7, 11) is 2.01. The van der Waals surface area contributed by atoms with Gasteiger partial charge in [0.25, 0.3) is 5.91 Å². The van der Waals surface area contributed by atoms with Crippen molar-refractivity contribution in [2.24, 2.45) is 0 Å². The third-order valence-corrected chi connectivity index (χ3v) is 6.39. The van der Waals surface area contributed by atoms with Crippen molar-refractivity contribution in [3.63, 3.8) is 0 Å². The molecule has 2 aromatic carbocycles. The van der Waals surface area contributed by atoms with E-state index in [9.17, 15) is 14.4 Å². The lowest BCUT2D eigenvalue weighted by molar-refractivity contribution is -0.135. The van der Waals surface area contributed by atoms with E-state index in [0.717, 1.165) is 53.9 Å². The van der Waals surface area contributed by atoms with Crippen LogP contribution in [0.25, 0.3) is 0 Å². The number of carbonyl (C=O) groups is 3. The number of nitrogens with one attached hydrogen (secondary N) is 2. The number of rotatable bonds is 7. The molecule has 0 unspecified atom stereocenters. The van der Waals surface area contributed by atoms with E-state index >= 15 is 0 Å². The number of hydrogen-bond donors (Lipinski definition) is 2. The monoisotopic (exact) mass is 434 g/mol. The largest absolute Gasteiger partial charge is 0.375 e. The lowest BCUT2D eigenvalue weighted by Gasteiger charge is -2.27. The zero-order valence-electron chi connectivity index (χ0n) is 18.5. The molecule has 2 aromatic rings. The van der Waals surface area contributed by atoms with Gasteiger partial charge in [0.05, 0.1) is 0 Å². The van der Waals surface area contributed by atoms with E-state index in [1.807, 2.05) is 61.6 Å². The van der Waals surface area contributed by atoms with E-state index in [4.69, 9.17) is 0 Å². The van der Waals surface area contributed by atoms with Gasteiger partial charge in [0.15, 0.2) is 0 Å². The van der Waals surface area contributed by atoms with Crippen LogP contribution in [0.5, 0.6) is 0 Å². The summed E-state index contributed by atoms with van der Waals surface area (Å²) in [5.41, 5.74) is 2.02. The van der Waals surface area contributed by atoms with Gasteiger partial charge in [-0.15, -0.1) is 0 Å². The molecular formula is C25H30N4O3. The standard InChI is InChI=1S/C25H30N4O3/c1-28(20-12-3-2-4-13-20)17-9-16-26-22(30)18-29-23(31)25(27-24(29)32)15-8-7-11-19-10-5-6-14-21(19)25/h2-6,10,12-14H,7-9,11,15-18H2,1H3,(H,26,30)(H,27,32)/t25-/m0/s1. The third-order valence-electron chi connectivity index (χ3n) is 6.39. The van der Waals surface area contributed by atoms with Crippen LogP contribution in [-0.2, 0) is 21.5 Å². The van der Waals surface area contributed by atoms with Crippen LogP contribution in [0.2, 0.25) is 0 Å². The maximum Gasteiger partial charge on any atom is 0.325 e. The van der Waals surface area contributed by atoms with Gasteiger partial charge >= 0.3 is 6.03 Å². The number of benzene rings is 2. The Labute approximate surface area is 188 Å². The molecule has 4 rings (SSSR count). The molecule has 1 heterocycles. The quantitative estimate of drug-likeness (QED) is 0.519. The molecule has 0 aromatic heterocycles. The van der Waals surface area contributed by atoms with Gasteiger partial charge < -0.3 is 15.5 Å². The van der Waals surface area contributed by atoms with Crippen molar-refractivity contribution in [2.75, 3.05) is 31.6 Å². The number of carbonyl (C=O) groups excluding carboxylic acids is 3. The topological polar surface area (TPSA) is 81.8 Å². The van der Waals surface area contributed by atoms with Crippen molar-refractivity contribution < 1.29 is 14.4 Å². The number of hydrogen-bond acceptors (Lipinski definition) is 4. The van der Waals surface area contributed by atoms with Crippen LogP contribution in [0.4, 0.5) is 10.5 Å². The molecule has 2 N–H and O–H groups in total. The molecule has 168 valence electrons. The smallest absolute Gasteiger partial charge is 0.325 e. The minimum absolute atomic E-state index is 0.261. The Balaban J connectivity index is 1.33. The van der Waals surface area contributed by atoms with E-state index < -0.39 is 11.6 Å². The molecular weight excluding hydrogens is 404 g/mol. The van der Waals surface area contributed by atoms with Crippen molar-refractivity contribution >= 4 is 23.5 Å². The van der Waals surface area contributed by atoms with Gasteiger partial charge in [0.1, 0.15) is 12.1 Å². The Morgan fingerprint density at radius 2 is 1.84 bits per heavy atom. The summed E-state index contributed by atoms with van der Waals surface area (Å²) in [5, 5.41) is 5.76. The molecule has 1 fully saturated rings. The number of imide groups is 1. The van der Waals surface area contributed by atoms with Crippen molar-refractivity contribution in [2.45, 2.75) is 37.6 Å². The minimum atomic E-state index is -1.05. The van der Waals surface area contributed by atoms with Crippen molar-refractivity contribution in [1.82, 2.24) is 15.5 Å². The highest BCUT2D eigenvalue weighted by Gasteiger charge is 2.53. The van der Waals surface area contributed by atoms with E-state index in [-0.39, 0.29) is 18.4 Å². The molecule has 32 heavy (non-hydrogen) atoms. The highest BCUT2D eigenvalue weighted by Crippen LogP contribution is 2.38. The van der Waals surface area contributed by atoms with Crippen LogP contribution in [0, 0.1) is 0 Å². The summed E-state index contributed by atoms with van der Waals surface area (Å²) in [6.45, 7) is 1.00. The van der Waals surface area contributed by atoms with Gasteiger partial charge in [-0.1, -0.05) is 42.5 Å². The SMILES string of the molecule is CN(CCCNC(=O)CN1C(=O)N[C@]2(CCCCc3ccccc32)C1=O)c1ccccc1. The summed E-state index contributed by atoms with van der Waals surface area (Å²) < 4.78 is 0. The second kappa shape index (κ2) is 9.42. The molecule has 4 amide bonds. The first-order valence-corrected chi connectivity index (χ1v) is 11.3. The number of anilines is 1. The van der Waals surface area contributed by atoms with Gasteiger partial charge in [0, 0.05) is 25.8 Å². The average molecular weight is 435 g/mol. The number of urea groups is 1. The Morgan fingerprint density at radius 3 is 2.66 bits per heavy atom. The Kier molecular flexibility index (Phi) is 6.44. The fourth-order valence-electron chi connectivity index (χ4n) is 4.67. The van der Waals surface area contributed by atoms with Crippen molar-refractivity contribution in [1.29, 1.82) is 0 Å². The molecule has 1 atom stereocenters. The fraction of sp³-hybridized carbons (Fsp3) is 0.400. The van der Waals surface area contributed by atoms with Crippen LogP contribution in [0.3, 0.4) is 0 Å². The molecule has 0 bridgehead atoms. The zero-order chi connectivity index (χ0) is 22.6. The van der Waals surface area contributed by atoms with Gasteiger partial charge in [-0.25, -0.2) is 4.79 Å². The van der Waals surface area contributed by atoms with Crippen molar-refractivity contribution in [3.8, 4) is 0 Å². The molecule has 1 spiro atoms. The maximum atomic E-state index is 13.4. The van der Waals surface area contributed by atoms with Gasteiger partial charge in [0.2, 0.25) is 5.91 Å². The second-order valence-electron chi connectivity index (χ2n) is 8.55. The lowest BCUT2D eigenvalue weighted by atomic mass is 9.84. The molecule has 1 aliphatic carbocycles. The van der Waals surface area contributed by atoms with Crippen LogP contribution in [0.15, 0.2) is 54.6 Å². The van der Waals surface area contributed by atoms with E-state index in [2.05, 4.69) is 15.5 Å². The first-order valence-electron chi connectivity index (χ1n) is 11.3. The second-order valence-corrected chi connectivity index (χ2v) is 8.55. The molecule has 0 radical (unpaired) electrons. The number of fused-ring (bicyclic) bond motifs is 2. The van der Waals surface area contributed by atoms with E-state index in [0.29, 0.717) is 13.0 Å². The summed E-state index contributed by atoms with van der Waals surface area (Å²) in [6, 6.07) is 17.3. The van der Waals surface area contributed by atoms with Gasteiger partial charge in [-0.05, 0) is 55.4 Å². The normalized spacial score (nSPS) is 20.0. The molecule has 1 saturated heterocycles. The molecule has 1 aliphatic heterocycles. The first-order chi connectivity index (χ1) is 15.5. The molecule has 2 aliphatic rings. The van der Waals surface area contributed by atoms with Gasteiger partial charge in [-0.2, -0.15) is 0 Å². The molecule has 7 heteroatoms. The number of amides is 4. The Hall–Kier alpha value is -3.35. The average Bonchev–Trinajstić information content (AvgIpc) is 2.94. The summed E-state index contributed by atoms with van der Waals surface area (Å²) in [4.78, 5) is 41.8. The predicted octanol–water partition coefficient (Wildman–Crippen LogP) is 2.80. The summed E-state index contributed by atoms with van der Waals surface area (Å²) >= 11 is 0. The van der Waals surface area contributed by atoms with Crippen LogP contribution >= 0.6 is 0 Å². The van der Waals surface area contributed by atoms with Crippen LogP contribution in [-0.4, -0.2) is 49.4 Å². The van der Waals surface area contributed by atoms with Crippen LogP contribution < -0.4 is 15.5 Å². The highest BCUT2D eigenvalue weighted by molar-refractivity contribution is 6.09. The first kappa shape index (κ1) is 21.9. The van der Waals surface area contributed by atoms with E-state index in [1.165, 1.54) is 0 Å². The van der Waals surface area contributed by atoms with Crippen molar-refractivity contribution in [3.05, 3.63) is 65.7 Å². The summed E-state index contributed by atoms with van der Waals surface area (Å²) in [6.07, 6.45) is 4.02. The predicted molar refractivity (Wildman–Crippen MR) is 123 cm³/mol. The third kappa shape index (κ3) is 4.33. The maximum absolute atomic E-state index is 13.4. The Bertz CT molecular complexity index is 994. The lowest BCUT2D eigenvalue weighted by Crippen LogP contribution is -2.45. The minimum Gasteiger partial charge on any atom is -0.375 e. The van der Waals surface area contributed by atoms with Crippen LogP contribution in [0.1, 0.15) is 36.8 Å². The summed E-state index contributed by atoms with van der Waals surface area (Å²) in [5.74, 6) is -0.648. The fourth-order valence-corrected chi connectivity index (χ4v) is 4.67. The van der Waals surface area contributed by atoms with Gasteiger partial charge in [-0.3, -0.25) is 14.5 Å². The molecule has 7 nitrogen and oxygen atoms in total. The zero-order valence-corrected chi connectivity index (χ0v) is 18.5. The Morgan fingerprint density at radius 1 is 1.09 bits per heavy atom. The highest BCUT2D eigenvalue weighted by atomic mass is 16.2. The molecule has 0 saturated carbocycles. The van der Waals surface area contributed by atoms with E-state index in [1.54, 1.807) is 0 Å². The number of nitrogens with zero attached hydrogens (tertiary/aromatic N) is 2. The number of para-hydroxylation sites is 1.